The van der Waals surface area contributed by atoms with Gasteiger partial charge >= 0.3 is 0 Å². The maximum absolute atomic E-state index is 5.95. The van der Waals surface area contributed by atoms with Gasteiger partial charge in [0.05, 0.1) is 18.8 Å². The predicted octanol–water partition coefficient (Wildman–Crippen LogP) is 2.74. The summed E-state index contributed by atoms with van der Waals surface area (Å²) >= 11 is 0. The fourth-order valence-corrected chi connectivity index (χ4v) is 3.48. The van der Waals surface area contributed by atoms with Gasteiger partial charge in [0.15, 0.2) is 5.96 Å². The van der Waals surface area contributed by atoms with E-state index in [9.17, 15) is 0 Å². The summed E-state index contributed by atoms with van der Waals surface area (Å²) in [6.07, 6.45) is 3.49. The van der Waals surface area contributed by atoms with E-state index in [4.69, 9.17) is 14.2 Å². The third kappa shape index (κ3) is 7.21. The molecule has 2 saturated heterocycles. The lowest BCUT2D eigenvalue weighted by Gasteiger charge is -2.21. The van der Waals surface area contributed by atoms with Crippen molar-refractivity contribution in [3.8, 4) is 0 Å². The molecule has 152 valence electrons. The van der Waals surface area contributed by atoms with Crippen LogP contribution in [0.2, 0.25) is 0 Å². The number of hydrogen-bond donors (Lipinski definition) is 2. The van der Waals surface area contributed by atoms with Crippen molar-refractivity contribution in [2.45, 2.75) is 31.5 Å². The van der Waals surface area contributed by atoms with Crippen molar-refractivity contribution in [1.82, 2.24) is 10.6 Å². The Hall–Kier alpha value is -0.900. The van der Waals surface area contributed by atoms with Gasteiger partial charge in [0, 0.05) is 45.9 Å². The van der Waals surface area contributed by atoms with E-state index < -0.39 is 0 Å². The molecule has 1 aromatic rings. The van der Waals surface area contributed by atoms with Gasteiger partial charge < -0.3 is 24.8 Å². The van der Waals surface area contributed by atoms with Crippen molar-refractivity contribution in [3.63, 3.8) is 0 Å². The second kappa shape index (κ2) is 12.5. The fraction of sp³-hybridized carbons (Fsp3) is 0.650. The number of ether oxygens (including phenoxy) is 3. The molecule has 3 unspecified atom stereocenters. The highest BCUT2D eigenvalue weighted by molar-refractivity contribution is 14.0. The van der Waals surface area contributed by atoms with Crippen LogP contribution in [0.15, 0.2) is 35.3 Å². The van der Waals surface area contributed by atoms with Crippen molar-refractivity contribution >= 4 is 29.9 Å². The van der Waals surface area contributed by atoms with Crippen LogP contribution in [0.25, 0.3) is 0 Å². The van der Waals surface area contributed by atoms with E-state index in [1.807, 2.05) is 13.1 Å². The molecule has 0 spiro atoms. The Morgan fingerprint density at radius 3 is 2.78 bits per heavy atom. The average Bonchev–Trinajstić information content (AvgIpc) is 3.36. The van der Waals surface area contributed by atoms with Gasteiger partial charge in [-0.25, -0.2) is 0 Å². The molecule has 1 aromatic carbocycles. The Kier molecular flexibility index (Phi) is 10.4. The molecule has 0 aliphatic carbocycles. The van der Waals surface area contributed by atoms with Crippen LogP contribution in [0.5, 0.6) is 0 Å². The van der Waals surface area contributed by atoms with E-state index in [0.29, 0.717) is 5.92 Å². The summed E-state index contributed by atoms with van der Waals surface area (Å²) in [5.74, 6) is 1.30. The van der Waals surface area contributed by atoms with Crippen molar-refractivity contribution in [1.29, 1.82) is 0 Å². The molecule has 2 aliphatic heterocycles. The monoisotopic (exact) mass is 489 g/mol. The van der Waals surface area contributed by atoms with E-state index in [-0.39, 0.29) is 36.2 Å². The summed E-state index contributed by atoms with van der Waals surface area (Å²) in [6, 6.07) is 10.5. The minimum atomic E-state index is 0. The molecule has 2 aliphatic rings. The Balaban J connectivity index is 0.00000261. The number of halogens is 1. The number of aliphatic imine (C=N–C) groups is 1. The molecular formula is C20H32IN3O3. The van der Waals surface area contributed by atoms with Crippen molar-refractivity contribution in [3.05, 3.63) is 35.9 Å². The van der Waals surface area contributed by atoms with Gasteiger partial charge in [0.2, 0.25) is 0 Å². The molecule has 6 nitrogen and oxygen atoms in total. The lowest BCUT2D eigenvalue weighted by atomic mass is 9.95. The van der Waals surface area contributed by atoms with Crippen LogP contribution in [0.3, 0.4) is 0 Å². The quantitative estimate of drug-likeness (QED) is 0.255. The number of rotatable bonds is 8. The van der Waals surface area contributed by atoms with Crippen LogP contribution in [0.1, 0.15) is 30.9 Å². The molecule has 2 fully saturated rings. The molecule has 0 amide bonds. The van der Waals surface area contributed by atoms with E-state index >= 15 is 0 Å². The molecule has 27 heavy (non-hydrogen) atoms. The SMILES string of the molecule is CN=C(NCCCOC1CCOC1)NCC1CCOC1c1ccccc1.I. The first-order valence-corrected chi connectivity index (χ1v) is 9.67. The highest BCUT2D eigenvalue weighted by atomic mass is 127. The van der Waals surface area contributed by atoms with E-state index in [2.05, 4.69) is 39.9 Å². The first-order chi connectivity index (χ1) is 12.9. The van der Waals surface area contributed by atoms with Crippen LogP contribution in [-0.2, 0) is 14.2 Å². The average molecular weight is 489 g/mol. The summed E-state index contributed by atoms with van der Waals surface area (Å²) in [5.41, 5.74) is 1.26. The Morgan fingerprint density at radius 2 is 2.04 bits per heavy atom. The van der Waals surface area contributed by atoms with Gasteiger partial charge in [-0.05, 0) is 24.8 Å². The van der Waals surface area contributed by atoms with Crippen LogP contribution >= 0.6 is 24.0 Å². The van der Waals surface area contributed by atoms with Crippen molar-refractivity contribution < 1.29 is 14.2 Å². The maximum Gasteiger partial charge on any atom is 0.190 e. The van der Waals surface area contributed by atoms with Crippen LogP contribution < -0.4 is 10.6 Å². The van der Waals surface area contributed by atoms with Gasteiger partial charge in [0.25, 0.3) is 0 Å². The van der Waals surface area contributed by atoms with Crippen LogP contribution in [0, 0.1) is 5.92 Å². The molecule has 0 bridgehead atoms. The zero-order chi connectivity index (χ0) is 18.0. The second-order valence-corrected chi connectivity index (χ2v) is 6.84. The number of nitrogens with zero attached hydrogens (tertiary/aromatic N) is 1. The summed E-state index contributed by atoms with van der Waals surface area (Å²) in [4.78, 5) is 4.31. The normalized spacial score (nSPS) is 25.2. The lowest BCUT2D eigenvalue weighted by Crippen LogP contribution is -2.40. The third-order valence-electron chi connectivity index (χ3n) is 4.95. The van der Waals surface area contributed by atoms with Gasteiger partial charge in [-0.1, -0.05) is 30.3 Å². The first kappa shape index (κ1) is 22.4. The van der Waals surface area contributed by atoms with Gasteiger partial charge in [-0.15, -0.1) is 24.0 Å². The Labute approximate surface area is 179 Å². The van der Waals surface area contributed by atoms with Gasteiger partial charge in [-0.3, -0.25) is 4.99 Å². The predicted molar refractivity (Wildman–Crippen MR) is 118 cm³/mol. The smallest absolute Gasteiger partial charge is 0.190 e. The lowest BCUT2D eigenvalue weighted by molar-refractivity contribution is 0.0420. The molecular weight excluding hydrogens is 457 g/mol. The number of nitrogens with one attached hydrogen (secondary N) is 2. The molecule has 7 heteroatoms. The van der Waals surface area contributed by atoms with Gasteiger partial charge in [0.1, 0.15) is 0 Å². The summed E-state index contributed by atoms with van der Waals surface area (Å²) in [6.45, 7) is 4.84. The minimum Gasteiger partial charge on any atom is -0.379 e. The number of hydrogen-bond acceptors (Lipinski definition) is 4. The summed E-state index contributed by atoms with van der Waals surface area (Å²) < 4.78 is 17.0. The first-order valence-electron chi connectivity index (χ1n) is 9.67. The number of benzene rings is 1. The van der Waals surface area contributed by atoms with Crippen LogP contribution in [-0.4, -0.2) is 58.6 Å². The fourth-order valence-electron chi connectivity index (χ4n) is 3.48. The van der Waals surface area contributed by atoms with E-state index in [1.165, 1.54) is 5.56 Å². The zero-order valence-electron chi connectivity index (χ0n) is 16.1. The second-order valence-electron chi connectivity index (χ2n) is 6.84. The minimum absolute atomic E-state index is 0. The molecule has 2 N–H and O–H groups in total. The van der Waals surface area contributed by atoms with E-state index in [0.717, 1.165) is 64.7 Å². The standard InChI is InChI=1S/C20H31N3O3.HI/c1-21-20(22-10-5-11-25-18-9-12-24-15-18)23-14-17-8-13-26-19(17)16-6-3-2-4-7-16;/h2-4,6-7,17-19H,5,8-15H2,1H3,(H2,21,22,23);1H. The highest BCUT2D eigenvalue weighted by Crippen LogP contribution is 2.33. The summed E-state index contributed by atoms with van der Waals surface area (Å²) in [7, 11) is 1.81. The molecule has 0 radical (unpaired) electrons. The summed E-state index contributed by atoms with van der Waals surface area (Å²) in [5, 5.41) is 6.80. The number of guanidine groups is 1. The Bertz CT molecular complexity index is 553. The maximum atomic E-state index is 5.95. The molecule has 0 aromatic heterocycles. The Morgan fingerprint density at radius 1 is 1.19 bits per heavy atom. The zero-order valence-corrected chi connectivity index (χ0v) is 18.4. The van der Waals surface area contributed by atoms with Crippen molar-refractivity contribution in [2.24, 2.45) is 10.9 Å². The molecule has 2 heterocycles. The largest absolute Gasteiger partial charge is 0.379 e. The van der Waals surface area contributed by atoms with E-state index in [1.54, 1.807) is 0 Å². The third-order valence-corrected chi connectivity index (χ3v) is 4.95. The topological polar surface area (TPSA) is 64.1 Å². The van der Waals surface area contributed by atoms with Crippen LogP contribution in [0.4, 0.5) is 0 Å². The molecule has 0 saturated carbocycles. The van der Waals surface area contributed by atoms with Gasteiger partial charge in [-0.2, -0.15) is 0 Å². The van der Waals surface area contributed by atoms with Crippen molar-refractivity contribution in [2.75, 3.05) is 46.6 Å². The molecule has 3 rings (SSSR count). The molecule has 3 atom stereocenters. The highest BCUT2D eigenvalue weighted by Gasteiger charge is 2.29.